The summed E-state index contributed by atoms with van der Waals surface area (Å²) in [4.78, 5) is 10.9. The van der Waals surface area contributed by atoms with Crippen LogP contribution in [0.25, 0.3) is 22.8 Å². The number of carbonyl (C=O) groups is 1. The molecule has 0 aromatic heterocycles. The van der Waals surface area contributed by atoms with E-state index in [1.54, 1.807) is 13.2 Å². The van der Waals surface area contributed by atoms with Crippen LogP contribution in [0.5, 0.6) is 5.75 Å². The molecule has 2 N–H and O–H groups in total. The lowest BCUT2D eigenvalue weighted by Crippen LogP contribution is -1.96. The first-order chi connectivity index (χ1) is 15.1. The quantitative estimate of drug-likeness (QED) is 0.528. The summed E-state index contributed by atoms with van der Waals surface area (Å²) >= 11 is 0. The van der Waals surface area contributed by atoms with Crippen molar-refractivity contribution in [2.24, 2.45) is 0 Å². The first kappa shape index (κ1) is 20.6. The van der Waals surface area contributed by atoms with Crippen LogP contribution in [0.1, 0.15) is 27.8 Å². The predicted octanol–water partition coefficient (Wildman–Crippen LogP) is 5.13. The Labute approximate surface area is 181 Å². The van der Waals surface area contributed by atoms with Gasteiger partial charge in [-0.05, 0) is 81.6 Å². The number of carboxylic acid groups (broad SMARTS) is 1. The van der Waals surface area contributed by atoms with Crippen molar-refractivity contribution >= 4 is 17.6 Å². The van der Waals surface area contributed by atoms with E-state index in [9.17, 15) is 9.90 Å². The van der Waals surface area contributed by atoms with Crippen molar-refractivity contribution in [3.05, 3.63) is 101 Å². The van der Waals surface area contributed by atoms with Gasteiger partial charge < -0.3 is 14.9 Å². The van der Waals surface area contributed by atoms with Crippen LogP contribution in [0.15, 0.2) is 72.8 Å². The van der Waals surface area contributed by atoms with Gasteiger partial charge in [0.2, 0.25) is 0 Å². The zero-order valence-electron chi connectivity index (χ0n) is 17.3. The Morgan fingerprint density at radius 1 is 1.06 bits per heavy atom. The topological polar surface area (TPSA) is 66.8 Å². The number of rotatable bonds is 7. The summed E-state index contributed by atoms with van der Waals surface area (Å²) in [6, 6.07) is 20.1. The minimum absolute atomic E-state index is 0.0261. The molecule has 0 unspecified atom stereocenters. The Morgan fingerprint density at radius 2 is 1.87 bits per heavy atom. The minimum Gasteiger partial charge on any atom is -0.497 e. The number of aliphatic carboxylic acids is 1. The largest absolute Gasteiger partial charge is 0.497 e. The molecule has 156 valence electrons. The molecule has 0 saturated heterocycles. The summed E-state index contributed by atoms with van der Waals surface area (Å²) in [7, 11) is 1.63. The summed E-state index contributed by atoms with van der Waals surface area (Å²) in [6.07, 6.45) is 6.65. The van der Waals surface area contributed by atoms with Crippen molar-refractivity contribution in [3.8, 4) is 16.9 Å². The van der Waals surface area contributed by atoms with Gasteiger partial charge in [-0.15, -0.1) is 0 Å². The van der Waals surface area contributed by atoms with Crippen molar-refractivity contribution in [2.45, 2.75) is 19.4 Å². The zero-order valence-corrected chi connectivity index (χ0v) is 17.3. The number of aliphatic hydroxyl groups excluding tert-OH is 1. The predicted molar refractivity (Wildman–Crippen MR) is 123 cm³/mol. The van der Waals surface area contributed by atoms with Crippen LogP contribution in [0.2, 0.25) is 0 Å². The summed E-state index contributed by atoms with van der Waals surface area (Å²) < 4.78 is 5.40. The lowest BCUT2D eigenvalue weighted by Gasteiger charge is -2.15. The minimum atomic E-state index is -0.961. The van der Waals surface area contributed by atoms with Crippen LogP contribution in [0.3, 0.4) is 0 Å². The second kappa shape index (κ2) is 9.02. The highest BCUT2D eigenvalue weighted by molar-refractivity contribution is 5.88. The Hall–Kier alpha value is -3.63. The molecule has 1 aliphatic carbocycles. The van der Waals surface area contributed by atoms with E-state index < -0.39 is 5.97 Å². The fourth-order valence-corrected chi connectivity index (χ4v) is 4.12. The van der Waals surface area contributed by atoms with Crippen LogP contribution in [0.4, 0.5) is 0 Å². The molecule has 3 aromatic rings. The van der Waals surface area contributed by atoms with Crippen LogP contribution < -0.4 is 4.74 Å². The van der Waals surface area contributed by atoms with Gasteiger partial charge in [-0.1, -0.05) is 48.5 Å². The first-order valence-corrected chi connectivity index (χ1v) is 10.2. The molecule has 4 heteroatoms. The maximum atomic E-state index is 10.9. The van der Waals surface area contributed by atoms with Gasteiger partial charge in [0.15, 0.2) is 0 Å². The molecule has 0 bridgehead atoms. The molecule has 0 saturated carbocycles. The van der Waals surface area contributed by atoms with Crippen LogP contribution in [-0.4, -0.2) is 23.3 Å². The molecule has 0 fully saturated rings. The van der Waals surface area contributed by atoms with Crippen molar-refractivity contribution < 1.29 is 19.7 Å². The number of benzene rings is 3. The van der Waals surface area contributed by atoms with E-state index in [0.29, 0.717) is 0 Å². The number of allylic oxidation sites excluding steroid dienone is 2. The lowest BCUT2D eigenvalue weighted by molar-refractivity contribution is -0.131. The molecule has 4 rings (SSSR count). The van der Waals surface area contributed by atoms with E-state index in [2.05, 4.69) is 30.3 Å². The first-order valence-electron chi connectivity index (χ1n) is 10.2. The number of aliphatic hydroxyl groups is 1. The normalized spacial score (nSPS) is 12.6. The maximum absolute atomic E-state index is 10.9. The van der Waals surface area contributed by atoms with Crippen molar-refractivity contribution in [1.29, 1.82) is 0 Å². The molecular weight excluding hydrogens is 388 g/mol. The SMILES string of the molecule is COc1cc(CO)cc(CC2=CCc3cccc(-c4cccc(/C=C/C(=O)O)c4)c32)c1. The molecule has 0 heterocycles. The fourth-order valence-electron chi connectivity index (χ4n) is 4.12. The van der Waals surface area contributed by atoms with Crippen molar-refractivity contribution in [3.63, 3.8) is 0 Å². The highest BCUT2D eigenvalue weighted by atomic mass is 16.5. The Bertz CT molecular complexity index is 1170. The van der Waals surface area contributed by atoms with Gasteiger partial charge in [0.1, 0.15) is 5.75 Å². The molecule has 0 aliphatic heterocycles. The second-order valence-electron chi connectivity index (χ2n) is 7.59. The molecular formula is C27H24O4. The van der Waals surface area contributed by atoms with E-state index in [-0.39, 0.29) is 6.61 Å². The van der Waals surface area contributed by atoms with Gasteiger partial charge in [-0.2, -0.15) is 0 Å². The maximum Gasteiger partial charge on any atom is 0.328 e. The van der Waals surface area contributed by atoms with Crippen LogP contribution >= 0.6 is 0 Å². The average molecular weight is 412 g/mol. The Morgan fingerprint density at radius 3 is 2.65 bits per heavy atom. The number of hydrogen-bond acceptors (Lipinski definition) is 3. The smallest absolute Gasteiger partial charge is 0.328 e. The van der Waals surface area contributed by atoms with Gasteiger partial charge in [0.25, 0.3) is 0 Å². The Kier molecular flexibility index (Phi) is 6.01. The summed E-state index contributed by atoms with van der Waals surface area (Å²) in [5.74, 6) is -0.219. The van der Waals surface area contributed by atoms with Gasteiger partial charge in [0.05, 0.1) is 13.7 Å². The summed E-state index contributed by atoms with van der Waals surface area (Å²) in [5.41, 5.74) is 8.72. The molecule has 3 aromatic carbocycles. The monoisotopic (exact) mass is 412 g/mol. The number of fused-ring (bicyclic) bond motifs is 1. The summed E-state index contributed by atoms with van der Waals surface area (Å²) in [6.45, 7) is -0.0261. The molecule has 0 atom stereocenters. The molecule has 4 nitrogen and oxygen atoms in total. The molecule has 0 spiro atoms. The fraction of sp³-hybridized carbons (Fsp3) is 0.148. The van der Waals surface area contributed by atoms with Gasteiger partial charge in [-0.25, -0.2) is 4.79 Å². The second-order valence-corrected chi connectivity index (χ2v) is 7.59. The molecule has 0 radical (unpaired) electrons. The van der Waals surface area contributed by atoms with Crippen molar-refractivity contribution in [2.75, 3.05) is 7.11 Å². The Balaban J connectivity index is 1.71. The number of ether oxygens (including phenoxy) is 1. The number of methoxy groups -OCH3 is 1. The van der Waals surface area contributed by atoms with Gasteiger partial charge in [0, 0.05) is 6.08 Å². The standard InChI is InChI=1S/C27H24O4/c1-31-24-15-19(12-20(16-24)17-28)14-23-10-9-21-5-3-7-25(27(21)23)22-6-2-4-18(13-22)8-11-26(29)30/h2-8,10-13,15-16,28H,9,14,17H2,1H3,(H,29,30)/b11-8+. The highest BCUT2D eigenvalue weighted by Crippen LogP contribution is 2.38. The molecule has 31 heavy (non-hydrogen) atoms. The van der Waals surface area contributed by atoms with Crippen LogP contribution in [0, 0.1) is 0 Å². The lowest BCUT2D eigenvalue weighted by atomic mass is 9.90. The molecule has 1 aliphatic rings. The highest BCUT2D eigenvalue weighted by Gasteiger charge is 2.19. The third-order valence-electron chi connectivity index (χ3n) is 5.50. The molecule has 0 amide bonds. The third-order valence-corrected chi connectivity index (χ3v) is 5.50. The van der Waals surface area contributed by atoms with Gasteiger partial charge in [-0.3, -0.25) is 0 Å². The number of hydrogen-bond donors (Lipinski definition) is 2. The summed E-state index contributed by atoms with van der Waals surface area (Å²) in [5, 5.41) is 18.5. The van der Waals surface area contributed by atoms with Crippen LogP contribution in [-0.2, 0) is 24.2 Å². The van der Waals surface area contributed by atoms with E-state index in [1.165, 1.54) is 16.7 Å². The van der Waals surface area contributed by atoms with E-state index in [4.69, 9.17) is 9.84 Å². The van der Waals surface area contributed by atoms with E-state index in [1.807, 2.05) is 36.4 Å². The number of carboxylic acids is 1. The van der Waals surface area contributed by atoms with E-state index >= 15 is 0 Å². The van der Waals surface area contributed by atoms with Gasteiger partial charge >= 0.3 is 5.97 Å². The van der Waals surface area contributed by atoms with Crippen molar-refractivity contribution in [1.82, 2.24) is 0 Å². The van der Waals surface area contributed by atoms with E-state index in [0.717, 1.165) is 52.5 Å². The zero-order chi connectivity index (χ0) is 21.8. The third kappa shape index (κ3) is 4.60. The average Bonchev–Trinajstić information content (AvgIpc) is 3.20.